The number of unbranched alkanes of at least 4 members (excludes halogenated alkanes) is 1. The highest BCUT2D eigenvalue weighted by Crippen LogP contribution is 2.04. The second-order valence-electron chi connectivity index (χ2n) is 3.87. The van der Waals surface area contributed by atoms with Crippen molar-refractivity contribution < 1.29 is 9.47 Å². The third kappa shape index (κ3) is 8.74. The maximum Gasteiger partial charge on any atom is 0.0660 e. The van der Waals surface area contributed by atoms with Crippen LogP contribution in [0.2, 0.25) is 0 Å². The molecule has 2 unspecified atom stereocenters. The summed E-state index contributed by atoms with van der Waals surface area (Å²) < 4.78 is 11.3. The Bertz CT molecular complexity index is 121. The summed E-state index contributed by atoms with van der Waals surface area (Å²) in [7, 11) is 0. The van der Waals surface area contributed by atoms with E-state index in [-0.39, 0.29) is 0 Å². The third-order valence-electron chi connectivity index (χ3n) is 2.56. The topological polar surface area (TPSA) is 18.5 Å². The molecule has 0 aromatic rings. The van der Waals surface area contributed by atoms with E-state index in [2.05, 4.69) is 39.1 Å². The molecular weight excluding hydrogens is 240 g/mol. The lowest BCUT2D eigenvalue weighted by atomic mass is 10.3. The first kappa shape index (κ1) is 16.6. The summed E-state index contributed by atoms with van der Waals surface area (Å²) in [5.41, 5.74) is 0. The standard InChI is InChI=1S/C12H26O2S2/c1-3-11(9-15)13-7-5-6-8-14-12(4-2)10-16/h11-12,15-16H,3-10H2,1-2H3. The first-order valence-electron chi connectivity index (χ1n) is 6.23. The van der Waals surface area contributed by atoms with Crippen molar-refractivity contribution in [2.24, 2.45) is 0 Å². The normalized spacial score (nSPS) is 15.0. The van der Waals surface area contributed by atoms with E-state index < -0.39 is 0 Å². The molecule has 2 atom stereocenters. The van der Waals surface area contributed by atoms with E-state index in [0.29, 0.717) is 12.2 Å². The van der Waals surface area contributed by atoms with Crippen LogP contribution in [-0.2, 0) is 9.47 Å². The Morgan fingerprint density at radius 3 is 1.44 bits per heavy atom. The highest BCUT2D eigenvalue weighted by atomic mass is 32.1. The second kappa shape index (κ2) is 12.1. The maximum atomic E-state index is 5.65. The van der Waals surface area contributed by atoms with E-state index in [0.717, 1.165) is 50.4 Å². The number of hydrogen-bond acceptors (Lipinski definition) is 4. The van der Waals surface area contributed by atoms with Crippen molar-refractivity contribution in [3.63, 3.8) is 0 Å². The average Bonchev–Trinajstić information content (AvgIpc) is 2.33. The number of hydrogen-bond donors (Lipinski definition) is 2. The van der Waals surface area contributed by atoms with Crippen molar-refractivity contribution >= 4 is 25.3 Å². The summed E-state index contributed by atoms with van der Waals surface area (Å²) in [5.74, 6) is 1.62. The zero-order valence-electron chi connectivity index (χ0n) is 10.5. The first-order chi connectivity index (χ1) is 7.78. The smallest absolute Gasteiger partial charge is 0.0660 e. The molecular formula is C12H26O2S2. The lowest BCUT2D eigenvalue weighted by molar-refractivity contribution is 0.0419. The Kier molecular flexibility index (Phi) is 12.6. The quantitative estimate of drug-likeness (QED) is 0.442. The lowest BCUT2D eigenvalue weighted by Crippen LogP contribution is -2.16. The van der Waals surface area contributed by atoms with E-state index in [1.54, 1.807) is 0 Å². The predicted molar refractivity (Wildman–Crippen MR) is 77.0 cm³/mol. The van der Waals surface area contributed by atoms with Gasteiger partial charge in [-0.05, 0) is 25.7 Å². The van der Waals surface area contributed by atoms with E-state index in [1.807, 2.05) is 0 Å². The molecule has 0 aliphatic heterocycles. The van der Waals surface area contributed by atoms with Crippen molar-refractivity contribution in [3.8, 4) is 0 Å². The number of ether oxygens (including phenoxy) is 2. The Balaban J connectivity index is 3.26. The Labute approximate surface area is 111 Å². The molecule has 0 N–H and O–H groups in total. The molecule has 0 saturated heterocycles. The van der Waals surface area contributed by atoms with Crippen LogP contribution in [0.3, 0.4) is 0 Å². The molecule has 4 heteroatoms. The Hall–Kier alpha value is 0.620. The summed E-state index contributed by atoms with van der Waals surface area (Å²) >= 11 is 8.47. The van der Waals surface area contributed by atoms with Crippen LogP contribution in [0.5, 0.6) is 0 Å². The van der Waals surface area contributed by atoms with E-state index in [4.69, 9.17) is 9.47 Å². The van der Waals surface area contributed by atoms with Crippen LogP contribution in [0.25, 0.3) is 0 Å². The zero-order valence-corrected chi connectivity index (χ0v) is 12.3. The van der Waals surface area contributed by atoms with Crippen LogP contribution >= 0.6 is 25.3 Å². The summed E-state index contributed by atoms with van der Waals surface area (Å²) in [6, 6.07) is 0. The van der Waals surface area contributed by atoms with Crippen molar-refractivity contribution in [2.75, 3.05) is 24.7 Å². The minimum Gasteiger partial charge on any atom is -0.377 e. The van der Waals surface area contributed by atoms with Crippen LogP contribution in [-0.4, -0.2) is 36.9 Å². The van der Waals surface area contributed by atoms with Gasteiger partial charge in [0.1, 0.15) is 0 Å². The fourth-order valence-corrected chi connectivity index (χ4v) is 2.03. The van der Waals surface area contributed by atoms with Crippen LogP contribution < -0.4 is 0 Å². The van der Waals surface area contributed by atoms with Gasteiger partial charge in [-0.15, -0.1) is 0 Å². The summed E-state index contributed by atoms with van der Waals surface area (Å²) in [6.07, 6.45) is 4.82. The van der Waals surface area contributed by atoms with Crippen LogP contribution in [0, 0.1) is 0 Å². The lowest BCUT2D eigenvalue weighted by Gasteiger charge is -2.15. The van der Waals surface area contributed by atoms with E-state index >= 15 is 0 Å². The van der Waals surface area contributed by atoms with Crippen molar-refractivity contribution in [3.05, 3.63) is 0 Å². The van der Waals surface area contributed by atoms with Crippen molar-refractivity contribution in [1.82, 2.24) is 0 Å². The molecule has 0 aliphatic carbocycles. The summed E-state index contributed by atoms with van der Waals surface area (Å²) in [5, 5.41) is 0. The largest absolute Gasteiger partial charge is 0.377 e. The van der Waals surface area contributed by atoms with E-state index in [9.17, 15) is 0 Å². The molecule has 0 heterocycles. The number of thiol groups is 2. The molecule has 2 nitrogen and oxygen atoms in total. The maximum absolute atomic E-state index is 5.65. The van der Waals surface area contributed by atoms with Gasteiger partial charge in [0.2, 0.25) is 0 Å². The Morgan fingerprint density at radius 1 is 0.812 bits per heavy atom. The van der Waals surface area contributed by atoms with Gasteiger partial charge in [0.25, 0.3) is 0 Å². The number of rotatable bonds is 11. The highest BCUT2D eigenvalue weighted by Gasteiger charge is 2.04. The van der Waals surface area contributed by atoms with Gasteiger partial charge >= 0.3 is 0 Å². The molecule has 0 fully saturated rings. The first-order valence-corrected chi connectivity index (χ1v) is 7.49. The molecule has 0 aromatic heterocycles. The van der Waals surface area contributed by atoms with E-state index in [1.165, 1.54) is 0 Å². The van der Waals surface area contributed by atoms with Crippen molar-refractivity contribution in [2.45, 2.75) is 51.7 Å². The van der Waals surface area contributed by atoms with Gasteiger partial charge in [0.15, 0.2) is 0 Å². The molecule has 0 rings (SSSR count). The molecule has 16 heavy (non-hydrogen) atoms. The molecule has 0 aliphatic rings. The molecule has 98 valence electrons. The molecule has 0 saturated carbocycles. The van der Waals surface area contributed by atoms with Crippen molar-refractivity contribution in [1.29, 1.82) is 0 Å². The molecule has 0 aromatic carbocycles. The highest BCUT2D eigenvalue weighted by molar-refractivity contribution is 7.80. The van der Waals surface area contributed by atoms with Gasteiger partial charge in [-0.2, -0.15) is 25.3 Å². The van der Waals surface area contributed by atoms with Gasteiger partial charge in [0.05, 0.1) is 12.2 Å². The predicted octanol–water partition coefficient (Wildman–Crippen LogP) is 3.22. The van der Waals surface area contributed by atoms with Crippen LogP contribution in [0.15, 0.2) is 0 Å². The second-order valence-corrected chi connectivity index (χ2v) is 4.60. The van der Waals surface area contributed by atoms with Gasteiger partial charge in [-0.3, -0.25) is 0 Å². The minimum absolute atomic E-state index is 0.310. The third-order valence-corrected chi connectivity index (χ3v) is 3.38. The van der Waals surface area contributed by atoms with Gasteiger partial charge < -0.3 is 9.47 Å². The molecule has 0 bridgehead atoms. The minimum atomic E-state index is 0.310. The van der Waals surface area contributed by atoms with Crippen LogP contribution in [0.4, 0.5) is 0 Å². The molecule has 0 amide bonds. The summed E-state index contributed by atoms with van der Waals surface area (Å²) in [6.45, 7) is 5.89. The summed E-state index contributed by atoms with van der Waals surface area (Å²) in [4.78, 5) is 0. The van der Waals surface area contributed by atoms with Gasteiger partial charge in [0, 0.05) is 24.7 Å². The fraction of sp³-hybridized carbons (Fsp3) is 1.00. The average molecular weight is 266 g/mol. The molecule has 0 spiro atoms. The van der Waals surface area contributed by atoms with Gasteiger partial charge in [-0.1, -0.05) is 13.8 Å². The SMILES string of the molecule is CCC(CS)OCCCCOC(CC)CS. The monoisotopic (exact) mass is 266 g/mol. The fourth-order valence-electron chi connectivity index (χ4n) is 1.30. The van der Waals surface area contributed by atoms with Crippen LogP contribution in [0.1, 0.15) is 39.5 Å². The van der Waals surface area contributed by atoms with Gasteiger partial charge in [-0.25, -0.2) is 0 Å². The molecule has 0 radical (unpaired) electrons. The Morgan fingerprint density at radius 2 is 1.19 bits per heavy atom. The zero-order chi connectivity index (χ0) is 12.2.